The summed E-state index contributed by atoms with van der Waals surface area (Å²) in [6, 6.07) is 7.65. The summed E-state index contributed by atoms with van der Waals surface area (Å²) in [5.74, 6) is -1.01. The van der Waals surface area contributed by atoms with Crippen molar-refractivity contribution in [3.05, 3.63) is 59.4 Å². The summed E-state index contributed by atoms with van der Waals surface area (Å²) in [6.45, 7) is 0.727. The van der Waals surface area contributed by atoms with Gasteiger partial charge in [0.2, 0.25) is 0 Å². The number of methoxy groups -OCH3 is 2. The summed E-state index contributed by atoms with van der Waals surface area (Å²) >= 11 is 0. The SMILES string of the molecule is COc1ncc(F)c(NCc2ccc(CNc3nc(OC)ncc3F)cc2)n1. The van der Waals surface area contributed by atoms with Crippen molar-refractivity contribution in [2.75, 3.05) is 24.9 Å². The van der Waals surface area contributed by atoms with Gasteiger partial charge in [0.1, 0.15) is 0 Å². The minimum atomic E-state index is -0.566. The maximum atomic E-state index is 13.7. The molecular formula is C18H18F2N6O2. The standard InChI is InChI=1S/C18H18F2N6O2/c1-27-17-23-9-13(19)15(25-17)21-7-11-3-5-12(6-4-11)8-22-16-14(20)10-24-18(26-16)28-2/h3-6,9-10H,7-8H2,1-2H3,(H,21,23,25)(H,22,24,26). The van der Waals surface area contributed by atoms with Gasteiger partial charge < -0.3 is 20.1 Å². The third-order valence-electron chi connectivity index (χ3n) is 3.75. The Morgan fingerprint density at radius 3 is 1.50 bits per heavy atom. The average Bonchev–Trinajstić information content (AvgIpc) is 2.73. The van der Waals surface area contributed by atoms with Gasteiger partial charge in [-0.1, -0.05) is 24.3 Å². The Bertz CT molecular complexity index is 863. The highest BCUT2D eigenvalue weighted by molar-refractivity contribution is 5.39. The lowest BCUT2D eigenvalue weighted by Crippen LogP contribution is -2.07. The molecule has 0 fully saturated rings. The van der Waals surface area contributed by atoms with Crippen molar-refractivity contribution in [1.29, 1.82) is 0 Å². The van der Waals surface area contributed by atoms with E-state index in [0.717, 1.165) is 23.5 Å². The van der Waals surface area contributed by atoms with E-state index in [1.165, 1.54) is 14.2 Å². The summed E-state index contributed by atoms with van der Waals surface area (Å²) in [6.07, 6.45) is 2.09. The fourth-order valence-electron chi connectivity index (χ4n) is 2.29. The molecule has 28 heavy (non-hydrogen) atoms. The largest absolute Gasteiger partial charge is 0.467 e. The van der Waals surface area contributed by atoms with Crippen molar-refractivity contribution in [3.8, 4) is 12.0 Å². The molecule has 0 spiro atoms. The molecule has 146 valence electrons. The second-order valence-electron chi connectivity index (χ2n) is 5.63. The van der Waals surface area contributed by atoms with Gasteiger partial charge in [0.05, 0.1) is 26.6 Å². The van der Waals surface area contributed by atoms with Crippen LogP contribution in [0.2, 0.25) is 0 Å². The molecule has 2 N–H and O–H groups in total. The van der Waals surface area contributed by atoms with Crippen LogP contribution >= 0.6 is 0 Å². The molecule has 10 heteroatoms. The highest BCUT2D eigenvalue weighted by Crippen LogP contribution is 2.16. The van der Waals surface area contributed by atoms with Gasteiger partial charge in [-0.15, -0.1) is 0 Å². The number of anilines is 2. The number of halogens is 2. The normalized spacial score (nSPS) is 10.4. The summed E-state index contributed by atoms with van der Waals surface area (Å²) in [4.78, 5) is 15.2. The van der Waals surface area contributed by atoms with Crippen LogP contribution in [0.1, 0.15) is 11.1 Å². The summed E-state index contributed by atoms with van der Waals surface area (Å²) in [5, 5.41) is 5.80. The number of aromatic nitrogens is 4. The predicted octanol–water partition coefficient (Wildman–Crippen LogP) is 2.79. The molecule has 0 radical (unpaired) electrons. The van der Waals surface area contributed by atoms with Crippen LogP contribution in [0, 0.1) is 11.6 Å². The number of nitrogens with one attached hydrogen (secondary N) is 2. The Balaban J connectivity index is 1.58. The molecule has 0 saturated heterocycles. The van der Waals surface area contributed by atoms with Gasteiger partial charge in [-0.3, -0.25) is 0 Å². The molecule has 0 aliphatic rings. The van der Waals surface area contributed by atoms with E-state index in [2.05, 4.69) is 30.6 Å². The van der Waals surface area contributed by atoms with Gasteiger partial charge in [0, 0.05) is 13.1 Å². The van der Waals surface area contributed by atoms with E-state index >= 15 is 0 Å². The monoisotopic (exact) mass is 388 g/mol. The molecule has 2 heterocycles. The molecule has 1 aromatic carbocycles. The molecule has 3 rings (SSSR count). The smallest absolute Gasteiger partial charge is 0.318 e. The zero-order chi connectivity index (χ0) is 19.9. The fraction of sp³-hybridized carbons (Fsp3) is 0.222. The van der Waals surface area contributed by atoms with Gasteiger partial charge in [-0.05, 0) is 11.1 Å². The van der Waals surface area contributed by atoms with Crippen molar-refractivity contribution >= 4 is 11.6 Å². The van der Waals surface area contributed by atoms with E-state index in [0.29, 0.717) is 13.1 Å². The van der Waals surface area contributed by atoms with Crippen LogP contribution in [-0.4, -0.2) is 34.2 Å². The van der Waals surface area contributed by atoms with Crippen molar-refractivity contribution < 1.29 is 18.3 Å². The zero-order valence-electron chi connectivity index (χ0n) is 15.2. The van der Waals surface area contributed by atoms with Crippen LogP contribution in [0.5, 0.6) is 12.0 Å². The third kappa shape index (κ3) is 4.78. The second kappa shape index (κ2) is 8.89. The zero-order valence-corrected chi connectivity index (χ0v) is 15.2. The van der Waals surface area contributed by atoms with E-state index in [-0.39, 0.29) is 23.7 Å². The highest BCUT2D eigenvalue weighted by Gasteiger charge is 2.08. The lowest BCUT2D eigenvalue weighted by Gasteiger charge is -2.10. The number of hydrogen-bond acceptors (Lipinski definition) is 8. The Morgan fingerprint density at radius 1 is 0.750 bits per heavy atom. The van der Waals surface area contributed by atoms with Crippen molar-refractivity contribution in [2.45, 2.75) is 13.1 Å². The molecule has 0 unspecified atom stereocenters. The Labute approximate surface area is 160 Å². The molecular weight excluding hydrogens is 370 g/mol. The molecule has 0 aliphatic heterocycles. The van der Waals surface area contributed by atoms with Gasteiger partial charge >= 0.3 is 12.0 Å². The summed E-state index contributed by atoms with van der Waals surface area (Å²) < 4.78 is 37.2. The molecule has 0 amide bonds. The molecule has 0 atom stereocenters. The first kappa shape index (κ1) is 19.2. The van der Waals surface area contributed by atoms with Gasteiger partial charge in [-0.2, -0.15) is 9.97 Å². The van der Waals surface area contributed by atoms with Gasteiger partial charge in [-0.25, -0.2) is 18.7 Å². The Hall–Kier alpha value is -3.56. The molecule has 0 aliphatic carbocycles. The van der Waals surface area contributed by atoms with Crippen LogP contribution in [0.3, 0.4) is 0 Å². The van der Waals surface area contributed by atoms with Gasteiger partial charge in [0.15, 0.2) is 23.3 Å². The highest BCUT2D eigenvalue weighted by atomic mass is 19.1. The van der Waals surface area contributed by atoms with Crippen LogP contribution in [0.25, 0.3) is 0 Å². The van der Waals surface area contributed by atoms with E-state index in [1.807, 2.05) is 24.3 Å². The maximum absolute atomic E-state index is 13.7. The van der Waals surface area contributed by atoms with E-state index < -0.39 is 11.6 Å². The number of ether oxygens (including phenoxy) is 2. The lowest BCUT2D eigenvalue weighted by atomic mass is 10.1. The minimum absolute atomic E-state index is 0.0609. The topological polar surface area (TPSA) is 94.1 Å². The molecule has 3 aromatic rings. The number of nitrogens with zero attached hydrogens (tertiary/aromatic N) is 4. The van der Waals surface area contributed by atoms with Crippen LogP contribution in [0.15, 0.2) is 36.7 Å². The summed E-state index contributed by atoms with van der Waals surface area (Å²) in [5.41, 5.74) is 1.83. The second-order valence-corrected chi connectivity index (χ2v) is 5.63. The first-order chi connectivity index (χ1) is 13.6. The first-order valence-corrected chi connectivity index (χ1v) is 8.27. The predicted molar refractivity (Wildman–Crippen MR) is 98.2 cm³/mol. The molecule has 2 aromatic heterocycles. The Kier molecular flexibility index (Phi) is 6.10. The lowest BCUT2D eigenvalue weighted by molar-refractivity contribution is 0.377. The van der Waals surface area contributed by atoms with E-state index in [4.69, 9.17) is 9.47 Å². The molecule has 8 nitrogen and oxygen atoms in total. The molecule has 0 saturated carbocycles. The first-order valence-electron chi connectivity index (χ1n) is 8.27. The minimum Gasteiger partial charge on any atom is -0.467 e. The van der Waals surface area contributed by atoms with Gasteiger partial charge in [0.25, 0.3) is 0 Å². The average molecular weight is 388 g/mol. The van der Waals surface area contributed by atoms with E-state index in [9.17, 15) is 8.78 Å². The molecule has 0 bridgehead atoms. The van der Waals surface area contributed by atoms with Crippen molar-refractivity contribution in [3.63, 3.8) is 0 Å². The van der Waals surface area contributed by atoms with Crippen LogP contribution in [-0.2, 0) is 13.1 Å². The Morgan fingerprint density at radius 2 is 1.14 bits per heavy atom. The van der Waals surface area contributed by atoms with Crippen LogP contribution < -0.4 is 20.1 Å². The van der Waals surface area contributed by atoms with Crippen LogP contribution in [0.4, 0.5) is 20.4 Å². The fourth-order valence-corrected chi connectivity index (χ4v) is 2.29. The number of rotatable bonds is 8. The van der Waals surface area contributed by atoms with Crippen molar-refractivity contribution in [1.82, 2.24) is 19.9 Å². The third-order valence-corrected chi connectivity index (χ3v) is 3.75. The van der Waals surface area contributed by atoms with E-state index in [1.54, 1.807) is 0 Å². The maximum Gasteiger partial charge on any atom is 0.318 e. The quantitative estimate of drug-likeness (QED) is 0.608. The van der Waals surface area contributed by atoms with Crippen molar-refractivity contribution in [2.24, 2.45) is 0 Å². The summed E-state index contributed by atoms with van der Waals surface area (Å²) in [7, 11) is 2.82. The number of benzene rings is 1. The number of hydrogen-bond donors (Lipinski definition) is 2.